The molecule has 0 atom stereocenters. The predicted molar refractivity (Wildman–Crippen MR) is 36.1 cm³/mol. The first-order chi connectivity index (χ1) is 3.27. The minimum atomic E-state index is 0. The molecule has 0 saturated heterocycles. The summed E-state index contributed by atoms with van der Waals surface area (Å²) in [7, 11) is 0. The summed E-state index contributed by atoms with van der Waals surface area (Å²) in [6, 6.07) is 0. The summed E-state index contributed by atoms with van der Waals surface area (Å²) in [4.78, 5) is 10.1. The Morgan fingerprint density at radius 2 is 2.12 bits per heavy atom. The minimum absolute atomic E-state index is 0. The van der Waals surface area contributed by atoms with E-state index in [-0.39, 0.29) is 57.3 Å². The zero-order valence-corrected chi connectivity index (χ0v) is 4.82. The molecular weight excluding hydrogens is 129 g/mol. The van der Waals surface area contributed by atoms with Crippen LogP contribution in [-0.2, 0) is 4.79 Å². The Balaban J connectivity index is 0. The van der Waals surface area contributed by atoms with Crippen molar-refractivity contribution in [2.45, 2.75) is 20.3 Å². The van der Waals surface area contributed by atoms with E-state index in [1.165, 1.54) is 6.92 Å². The van der Waals surface area contributed by atoms with Gasteiger partial charge in [0.05, 0.1) is 0 Å². The van der Waals surface area contributed by atoms with Crippen LogP contribution in [0.2, 0.25) is 0 Å². The molecular formula is C5H12KNO. The van der Waals surface area contributed by atoms with E-state index in [1.54, 1.807) is 0 Å². The molecule has 0 saturated carbocycles. The second-order valence-electron chi connectivity index (χ2n) is 1.48. The van der Waals surface area contributed by atoms with Crippen LogP contribution in [0.15, 0.2) is 0 Å². The fourth-order valence-electron chi connectivity index (χ4n) is 0.301. The molecule has 1 amide bonds. The van der Waals surface area contributed by atoms with Crippen molar-refractivity contribution < 1.29 is 4.79 Å². The van der Waals surface area contributed by atoms with Crippen LogP contribution in [0, 0.1) is 0 Å². The molecule has 3 heteroatoms. The van der Waals surface area contributed by atoms with Gasteiger partial charge in [0.15, 0.2) is 0 Å². The second kappa shape index (κ2) is 8.11. The van der Waals surface area contributed by atoms with Gasteiger partial charge in [-0.2, -0.15) is 0 Å². The van der Waals surface area contributed by atoms with E-state index >= 15 is 0 Å². The van der Waals surface area contributed by atoms with Gasteiger partial charge in [0, 0.05) is 13.5 Å². The Kier molecular flexibility index (Phi) is 12.0. The normalized spacial score (nSPS) is 7.25. The van der Waals surface area contributed by atoms with Crippen molar-refractivity contribution in [2.75, 3.05) is 6.54 Å². The van der Waals surface area contributed by atoms with Crippen LogP contribution >= 0.6 is 0 Å². The molecule has 0 spiro atoms. The fourth-order valence-corrected chi connectivity index (χ4v) is 0.301. The monoisotopic (exact) mass is 141 g/mol. The molecule has 0 aromatic rings. The molecule has 1 N–H and O–H groups in total. The van der Waals surface area contributed by atoms with E-state index in [0.717, 1.165) is 13.0 Å². The van der Waals surface area contributed by atoms with Crippen molar-refractivity contribution >= 4 is 57.3 Å². The fraction of sp³-hybridized carbons (Fsp3) is 0.800. The Morgan fingerprint density at radius 3 is 2.25 bits per heavy atom. The van der Waals surface area contributed by atoms with Crippen LogP contribution in [0.4, 0.5) is 0 Å². The van der Waals surface area contributed by atoms with E-state index in [9.17, 15) is 4.79 Å². The Labute approximate surface area is 92.8 Å². The first kappa shape index (κ1) is 11.8. The van der Waals surface area contributed by atoms with E-state index in [1.807, 2.05) is 6.92 Å². The number of nitrogens with one attached hydrogen (secondary N) is 1. The summed E-state index contributed by atoms with van der Waals surface area (Å²) in [5, 5.41) is 2.66. The van der Waals surface area contributed by atoms with Gasteiger partial charge in [-0.25, -0.2) is 0 Å². The van der Waals surface area contributed by atoms with Gasteiger partial charge in [0.1, 0.15) is 0 Å². The van der Waals surface area contributed by atoms with E-state index in [2.05, 4.69) is 5.32 Å². The van der Waals surface area contributed by atoms with Crippen LogP contribution < -0.4 is 5.32 Å². The summed E-state index contributed by atoms with van der Waals surface area (Å²) < 4.78 is 0. The molecule has 0 aliphatic carbocycles. The molecule has 0 heterocycles. The summed E-state index contributed by atoms with van der Waals surface area (Å²) in [5.74, 6) is 0.0573. The summed E-state index contributed by atoms with van der Waals surface area (Å²) in [5.41, 5.74) is 0. The van der Waals surface area contributed by atoms with Crippen LogP contribution in [0.1, 0.15) is 20.3 Å². The van der Waals surface area contributed by atoms with Gasteiger partial charge in [0.25, 0.3) is 0 Å². The van der Waals surface area contributed by atoms with Crippen LogP contribution in [0.3, 0.4) is 0 Å². The van der Waals surface area contributed by atoms with Crippen molar-refractivity contribution in [1.29, 1.82) is 0 Å². The molecule has 8 heavy (non-hydrogen) atoms. The van der Waals surface area contributed by atoms with Gasteiger partial charge < -0.3 is 5.32 Å². The van der Waals surface area contributed by atoms with Crippen molar-refractivity contribution in [3.63, 3.8) is 0 Å². The zero-order chi connectivity index (χ0) is 5.70. The molecule has 0 fully saturated rings. The number of carbonyl (C=O) groups excluding carboxylic acids is 1. The van der Waals surface area contributed by atoms with Gasteiger partial charge in [-0.15, -0.1) is 0 Å². The molecule has 0 aromatic heterocycles. The van der Waals surface area contributed by atoms with Gasteiger partial charge in [-0.05, 0) is 6.42 Å². The first-order valence-corrected chi connectivity index (χ1v) is 2.51. The molecule has 0 rings (SSSR count). The van der Waals surface area contributed by atoms with Crippen molar-refractivity contribution in [3.05, 3.63) is 0 Å². The molecule has 44 valence electrons. The van der Waals surface area contributed by atoms with Gasteiger partial charge >= 0.3 is 51.4 Å². The molecule has 0 bridgehead atoms. The van der Waals surface area contributed by atoms with E-state index in [4.69, 9.17) is 0 Å². The molecule has 0 aliphatic heterocycles. The first-order valence-electron chi connectivity index (χ1n) is 2.51. The number of rotatable bonds is 2. The Bertz CT molecular complexity index is 65.4. The molecule has 0 aromatic carbocycles. The summed E-state index contributed by atoms with van der Waals surface area (Å²) in [6.07, 6.45) is 1.01. The van der Waals surface area contributed by atoms with Gasteiger partial charge in [-0.3, -0.25) is 4.79 Å². The van der Waals surface area contributed by atoms with Crippen molar-refractivity contribution in [1.82, 2.24) is 5.32 Å². The SMILES string of the molecule is CCCNC(C)=O.[KH]. The number of amides is 1. The summed E-state index contributed by atoms with van der Waals surface area (Å²) >= 11 is 0. The van der Waals surface area contributed by atoms with Crippen LogP contribution in [0.5, 0.6) is 0 Å². The Hall–Kier alpha value is 1.11. The zero-order valence-electron chi connectivity index (χ0n) is 4.82. The van der Waals surface area contributed by atoms with Crippen LogP contribution in [-0.4, -0.2) is 63.8 Å². The third-order valence-corrected chi connectivity index (χ3v) is 0.624. The average Bonchev–Trinajstić information content (AvgIpc) is 1.61. The molecule has 2 nitrogen and oxygen atoms in total. The van der Waals surface area contributed by atoms with E-state index < -0.39 is 0 Å². The predicted octanol–water partition coefficient (Wildman–Crippen LogP) is -0.116. The average molecular weight is 141 g/mol. The second-order valence-corrected chi connectivity index (χ2v) is 1.48. The molecule has 0 aliphatic rings. The number of hydrogen-bond donors (Lipinski definition) is 1. The van der Waals surface area contributed by atoms with Crippen molar-refractivity contribution in [3.8, 4) is 0 Å². The maximum atomic E-state index is 10.1. The van der Waals surface area contributed by atoms with Gasteiger partial charge in [-0.1, -0.05) is 6.92 Å². The van der Waals surface area contributed by atoms with E-state index in [0.29, 0.717) is 0 Å². The quantitative estimate of drug-likeness (QED) is 0.534. The van der Waals surface area contributed by atoms with Crippen molar-refractivity contribution in [2.24, 2.45) is 0 Å². The Morgan fingerprint density at radius 1 is 1.62 bits per heavy atom. The topological polar surface area (TPSA) is 29.1 Å². The molecule has 0 radical (unpaired) electrons. The van der Waals surface area contributed by atoms with Crippen LogP contribution in [0.25, 0.3) is 0 Å². The third-order valence-electron chi connectivity index (χ3n) is 0.624. The third kappa shape index (κ3) is 10.2. The standard InChI is InChI=1S/C5H11NO.K.H/c1-3-4-6-5(2)7;;/h3-4H2,1-2H3,(H,6,7);;. The molecule has 0 unspecified atom stereocenters. The number of carbonyl (C=O) groups is 1. The van der Waals surface area contributed by atoms with Gasteiger partial charge in [0.2, 0.25) is 5.91 Å². The maximum absolute atomic E-state index is 10.1. The summed E-state index contributed by atoms with van der Waals surface area (Å²) in [6.45, 7) is 4.35. The number of hydrogen-bond acceptors (Lipinski definition) is 1.